The lowest BCUT2D eigenvalue weighted by Gasteiger charge is -2.24. The summed E-state index contributed by atoms with van der Waals surface area (Å²) >= 11 is 1.72. The van der Waals surface area contributed by atoms with E-state index in [1.165, 1.54) is 19.2 Å². The lowest BCUT2D eigenvalue weighted by molar-refractivity contribution is -0.132. The van der Waals surface area contributed by atoms with Crippen molar-refractivity contribution >= 4 is 23.6 Å². The molecule has 0 aromatic heterocycles. The van der Waals surface area contributed by atoms with Crippen molar-refractivity contribution in [2.45, 2.75) is 12.5 Å². The number of amides is 2. The molecule has 1 N–H and O–H groups in total. The molecule has 0 aliphatic carbocycles. The Morgan fingerprint density at radius 1 is 1.24 bits per heavy atom. The average molecular weight is 367 g/mol. The van der Waals surface area contributed by atoms with E-state index < -0.39 is 5.82 Å². The monoisotopic (exact) mass is 367 g/mol. The topological polar surface area (TPSA) is 61.9 Å². The minimum Gasteiger partial charge on any atom is -0.494 e. The van der Waals surface area contributed by atoms with Gasteiger partial charge in [-0.3, -0.25) is 14.9 Å². The second-order valence-corrected chi connectivity index (χ2v) is 7.12. The first-order chi connectivity index (χ1) is 12.1. The molecule has 1 atom stereocenters. The summed E-state index contributed by atoms with van der Waals surface area (Å²) in [6.07, 6.45) is 0.718. The Balaban J connectivity index is 1.63. The van der Waals surface area contributed by atoms with Crippen LogP contribution in [0.15, 0.2) is 18.2 Å². The van der Waals surface area contributed by atoms with Crippen molar-refractivity contribution in [3.63, 3.8) is 0 Å². The van der Waals surface area contributed by atoms with Gasteiger partial charge in [0.15, 0.2) is 11.6 Å². The van der Waals surface area contributed by atoms with Gasteiger partial charge in [0, 0.05) is 43.4 Å². The van der Waals surface area contributed by atoms with Crippen LogP contribution in [0.25, 0.3) is 0 Å². The fourth-order valence-electron chi connectivity index (χ4n) is 3.10. The van der Waals surface area contributed by atoms with E-state index in [0.29, 0.717) is 31.7 Å². The number of carbonyl (C=O) groups excluding carboxylic acids is 2. The summed E-state index contributed by atoms with van der Waals surface area (Å²) in [4.78, 5) is 28.6. The first kappa shape index (κ1) is 18.0. The minimum absolute atomic E-state index is 0.106. The number of halogens is 1. The zero-order valence-electron chi connectivity index (χ0n) is 14.2. The van der Waals surface area contributed by atoms with E-state index in [2.05, 4.69) is 5.32 Å². The van der Waals surface area contributed by atoms with Gasteiger partial charge in [0.25, 0.3) is 5.91 Å². The molecule has 25 heavy (non-hydrogen) atoms. The second-order valence-electron chi connectivity index (χ2n) is 6.09. The number of nitrogens with one attached hydrogen (secondary N) is 1. The number of hydrogen-bond acceptors (Lipinski definition) is 5. The van der Waals surface area contributed by atoms with Crippen LogP contribution in [0.5, 0.6) is 5.75 Å². The van der Waals surface area contributed by atoms with Gasteiger partial charge in [-0.05, 0) is 24.6 Å². The smallest absolute Gasteiger partial charge is 0.254 e. The highest BCUT2D eigenvalue weighted by Crippen LogP contribution is 2.20. The molecular formula is C17H22FN3O3S. The number of nitrogens with zero attached hydrogens (tertiary/aromatic N) is 2. The number of hydrogen-bond donors (Lipinski definition) is 1. The SMILES string of the molecule is COc1ccc(C(=O)N2CCCN(C(=O)C3CSCN3)CC2)cc1F. The maximum absolute atomic E-state index is 13.8. The highest BCUT2D eigenvalue weighted by atomic mass is 32.2. The number of carbonyl (C=O) groups is 2. The predicted molar refractivity (Wildman–Crippen MR) is 94.3 cm³/mol. The Labute approximate surface area is 150 Å². The van der Waals surface area contributed by atoms with E-state index in [1.54, 1.807) is 22.7 Å². The number of benzene rings is 1. The molecule has 2 fully saturated rings. The maximum atomic E-state index is 13.8. The third-order valence-electron chi connectivity index (χ3n) is 4.51. The van der Waals surface area contributed by atoms with Gasteiger partial charge in [-0.15, -0.1) is 11.8 Å². The van der Waals surface area contributed by atoms with Gasteiger partial charge >= 0.3 is 0 Å². The molecular weight excluding hydrogens is 345 g/mol. The van der Waals surface area contributed by atoms with E-state index in [0.717, 1.165) is 18.1 Å². The summed E-state index contributed by atoms with van der Waals surface area (Å²) in [6.45, 7) is 2.16. The average Bonchev–Trinajstić information content (AvgIpc) is 3.05. The van der Waals surface area contributed by atoms with Crippen LogP contribution in [0.1, 0.15) is 16.8 Å². The first-order valence-corrected chi connectivity index (χ1v) is 9.48. The summed E-state index contributed by atoms with van der Waals surface area (Å²) in [5.74, 6) is 1.05. The molecule has 2 saturated heterocycles. The van der Waals surface area contributed by atoms with E-state index in [1.807, 2.05) is 4.90 Å². The van der Waals surface area contributed by atoms with Gasteiger partial charge in [0.05, 0.1) is 13.2 Å². The van der Waals surface area contributed by atoms with E-state index in [9.17, 15) is 14.0 Å². The zero-order valence-corrected chi connectivity index (χ0v) is 15.0. The van der Waals surface area contributed by atoms with Crippen LogP contribution in [0.3, 0.4) is 0 Å². The van der Waals surface area contributed by atoms with Crippen molar-refractivity contribution in [3.8, 4) is 5.75 Å². The molecule has 1 aromatic rings. The van der Waals surface area contributed by atoms with Crippen molar-refractivity contribution < 1.29 is 18.7 Å². The molecule has 6 nitrogen and oxygen atoms in total. The third kappa shape index (κ3) is 4.07. The van der Waals surface area contributed by atoms with Crippen LogP contribution in [0, 0.1) is 5.82 Å². The minimum atomic E-state index is -0.551. The molecule has 2 aliphatic rings. The summed E-state index contributed by atoms with van der Waals surface area (Å²) < 4.78 is 18.7. The Morgan fingerprint density at radius 2 is 2.00 bits per heavy atom. The Bertz CT molecular complexity index is 652. The van der Waals surface area contributed by atoms with Crippen molar-refractivity contribution in [1.29, 1.82) is 0 Å². The van der Waals surface area contributed by atoms with Crippen LogP contribution < -0.4 is 10.1 Å². The van der Waals surface area contributed by atoms with Gasteiger partial charge in [0.1, 0.15) is 0 Å². The predicted octanol–water partition coefficient (Wildman–Crippen LogP) is 1.17. The molecule has 8 heteroatoms. The summed E-state index contributed by atoms with van der Waals surface area (Å²) in [5.41, 5.74) is 0.298. The quantitative estimate of drug-likeness (QED) is 0.869. The number of ether oxygens (including phenoxy) is 1. The van der Waals surface area contributed by atoms with Gasteiger partial charge in [0.2, 0.25) is 5.91 Å². The van der Waals surface area contributed by atoms with Gasteiger partial charge in [-0.25, -0.2) is 4.39 Å². The van der Waals surface area contributed by atoms with Gasteiger partial charge in [-0.1, -0.05) is 0 Å². The number of thioether (sulfide) groups is 1. The molecule has 2 amide bonds. The number of rotatable bonds is 3. The molecule has 0 spiro atoms. The highest BCUT2D eigenvalue weighted by molar-refractivity contribution is 7.99. The Hall–Kier alpha value is -1.80. The van der Waals surface area contributed by atoms with E-state index >= 15 is 0 Å². The molecule has 0 bridgehead atoms. The molecule has 0 radical (unpaired) electrons. The van der Waals surface area contributed by atoms with E-state index in [-0.39, 0.29) is 23.6 Å². The molecule has 2 heterocycles. The highest BCUT2D eigenvalue weighted by Gasteiger charge is 2.29. The second kappa shape index (κ2) is 8.05. The fraction of sp³-hybridized carbons (Fsp3) is 0.529. The zero-order chi connectivity index (χ0) is 17.8. The van der Waals surface area contributed by atoms with Crippen LogP contribution in [0.4, 0.5) is 4.39 Å². The fourth-order valence-corrected chi connectivity index (χ4v) is 4.03. The van der Waals surface area contributed by atoms with Crippen LogP contribution in [-0.4, -0.2) is 72.6 Å². The van der Waals surface area contributed by atoms with Crippen molar-refractivity contribution in [2.75, 3.05) is 44.9 Å². The van der Waals surface area contributed by atoms with Crippen LogP contribution in [0.2, 0.25) is 0 Å². The Kier molecular flexibility index (Phi) is 5.80. The standard InChI is InChI=1S/C17H22FN3O3S/c1-24-15-4-3-12(9-13(15)18)16(22)20-5-2-6-21(8-7-20)17(23)14-10-25-11-19-14/h3-4,9,14,19H,2,5-8,10-11H2,1H3. The molecule has 0 saturated carbocycles. The lowest BCUT2D eigenvalue weighted by Crippen LogP contribution is -2.46. The third-order valence-corrected chi connectivity index (χ3v) is 5.45. The van der Waals surface area contributed by atoms with E-state index in [4.69, 9.17) is 4.74 Å². The van der Waals surface area contributed by atoms with Crippen LogP contribution in [-0.2, 0) is 4.79 Å². The molecule has 1 unspecified atom stereocenters. The molecule has 1 aromatic carbocycles. The summed E-state index contributed by atoms with van der Waals surface area (Å²) in [7, 11) is 1.39. The van der Waals surface area contributed by atoms with Gasteiger partial charge in [-0.2, -0.15) is 0 Å². The summed E-state index contributed by atoms with van der Waals surface area (Å²) in [5, 5.41) is 3.19. The molecule has 3 rings (SSSR count). The first-order valence-electron chi connectivity index (χ1n) is 8.33. The van der Waals surface area contributed by atoms with Crippen molar-refractivity contribution in [2.24, 2.45) is 0 Å². The lowest BCUT2D eigenvalue weighted by atomic mass is 10.1. The molecule has 2 aliphatic heterocycles. The van der Waals surface area contributed by atoms with Crippen LogP contribution >= 0.6 is 11.8 Å². The number of methoxy groups -OCH3 is 1. The normalized spacial score (nSPS) is 21.1. The Morgan fingerprint density at radius 3 is 2.68 bits per heavy atom. The largest absolute Gasteiger partial charge is 0.494 e. The van der Waals surface area contributed by atoms with Crippen molar-refractivity contribution in [3.05, 3.63) is 29.6 Å². The molecule has 136 valence electrons. The van der Waals surface area contributed by atoms with Crippen molar-refractivity contribution in [1.82, 2.24) is 15.1 Å². The summed E-state index contributed by atoms with van der Waals surface area (Å²) in [6, 6.07) is 4.11. The maximum Gasteiger partial charge on any atom is 0.254 e. The van der Waals surface area contributed by atoms with Gasteiger partial charge < -0.3 is 14.5 Å².